The number of carboxylic acids is 1. The number of aryl methyl sites for hydroxylation is 1. The fourth-order valence-corrected chi connectivity index (χ4v) is 3.02. The first-order valence-corrected chi connectivity index (χ1v) is 7.62. The summed E-state index contributed by atoms with van der Waals surface area (Å²) in [6.45, 7) is 0. The second kappa shape index (κ2) is 7.77. The SMILES string of the molecule is O=C(O)C[C@H]1CCC[C@@H]1/C=C/C(=O)CCc1ccccc1. The lowest BCUT2D eigenvalue weighted by molar-refractivity contribution is -0.138. The number of aliphatic carboxylic acids is 1. The fraction of sp³-hybridized carbons (Fsp3) is 0.444. The molecular weight excluding hydrogens is 264 g/mol. The molecule has 0 amide bonds. The van der Waals surface area contributed by atoms with E-state index >= 15 is 0 Å². The van der Waals surface area contributed by atoms with Crippen molar-refractivity contribution >= 4 is 11.8 Å². The van der Waals surface area contributed by atoms with Crippen LogP contribution in [0.2, 0.25) is 0 Å². The summed E-state index contributed by atoms with van der Waals surface area (Å²) in [5.41, 5.74) is 1.17. The fourth-order valence-electron chi connectivity index (χ4n) is 3.02. The van der Waals surface area contributed by atoms with E-state index in [1.165, 1.54) is 5.56 Å². The summed E-state index contributed by atoms with van der Waals surface area (Å²) in [7, 11) is 0. The van der Waals surface area contributed by atoms with Crippen molar-refractivity contribution in [2.45, 2.75) is 38.5 Å². The first kappa shape index (κ1) is 15.5. The first-order chi connectivity index (χ1) is 10.1. The van der Waals surface area contributed by atoms with Gasteiger partial charge in [0, 0.05) is 12.8 Å². The van der Waals surface area contributed by atoms with Crippen molar-refractivity contribution < 1.29 is 14.7 Å². The summed E-state index contributed by atoms with van der Waals surface area (Å²) in [4.78, 5) is 22.7. The van der Waals surface area contributed by atoms with Gasteiger partial charge in [-0.05, 0) is 42.7 Å². The Bertz CT molecular complexity index is 504. The van der Waals surface area contributed by atoms with Gasteiger partial charge >= 0.3 is 5.97 Å². The summed E-state index contributed by atoms with van der Waals surface area (Å²) in [6.07, 6.45) is 8.10. The molecule has 0 aromatic heterocycles. The second-order valence-electron chi connectivity index (χ2n) is 5.76. The molecule has 3 nitrogen and oxygen atoms in total. The van der Waals surface area contributed by atoms with Crippen LogP contribution in [0.25, 0.3) is 0 Å². The van der Waals surface area contributed by atoms with Gasteiger partial charge in [0.05, 0.1) is 0 Å². The molecule has 1 aromatic rings. The average molecular weight is 286 g/mol. The van der Waals surface area contributed by atoms with Gasteiger partial charge in [-0.15, -0.1) is 0 Å². The topological polar surface area (TPSA) is 54.4 Å². The van der Waals surface area contributed by atoms with Crippen LogP contribution >= 0.6 is 0 Å². The van der Waals surface area contributed by atoms with E-state index in [-0.39, 0.29) is 24.0 Å². The molecule has 2 rings (SSSR count). The summed E-state index contributed by atoms with van der Waals surface area (Å²) in [5.74, 6) is -0.169. The van der Waals surface area contributed by atoms with E-state index in [4.69, 9.17) is 5.11 Å². The Morgan fingerprint density at radius 3 is 2.67 bits per heavy atom. The molecule has 0 heterocycles. The minimum absolute atomic E-state index is 0.125. The normalized spacial score (nSPS) is 21.7. The standard InChI is InChI=1S/C18H22O3/c19-17(11-9-14-5-2-1-3-6-14)12-10-15-7-4-8-16(15)13-18(20)21/h1-3,5-6,10,12,15-16H,4,7-9,11,13H2,(H,20,21)/b12-10+/t15-,16-/m1/s1. The molecule has 0 spiro atoms. The minimum Gasteiger partial charge on any atom is -0.481 e. The third kappa shape index (κ3) is 5.18. The Labute approximate surface area is 125 Å². The van der Waals surface area contributed by atoms with E-state index in [9.17, 15) is 9.59 Å². The van der Waals surface area contributed by atoms with Crippen molar-refractivity contribution in [1.82, 2.24) is 0 Å². The number of hydrogen-bond acceptors (Lipinski definition) is 2. The summed E-state index contributed by atoms with van der Waals surface area (Å²) >= 11 is 0. The second-order valence-corrected chi connectivity index (χ2v) is 5.76. The van der Waals surface area contributed by atoms with Crippen LogP contribution in [0.5, 0.6) is 0 Å². The molecule has 112 valence electrons. The Kier molecular flexibility index (Phi) is 5.73. The van der Waals surface area contributed by atoms with Crippen molar-refractivity contribution in [1.29, 1.82) is 0 Å². The van der Waals surface area contributed by atoms with E-state index in [0.29, 0.717) is 6.42 Å². The monoisotopic (exact) mass is 286 g/mol. The van der Waals surface area contributed by atoms with Crippen LogP contribution < -0.4 is 0 Å². The lowest BCUT2D eigenvalue weighted by Gasteiger charge is -2.13. The molecule has 2 atom stereocenters. The molecule has 0 bridgehead atoms. The Morgan fingerprint density at radius 1 is 1.19 bits per heavy atom. The average Bonchev–Trinajstić information content (AvgIpc) is 2.90. The van der Waals surface area contributed by atoms with E-state index in [1.807, 2.05) is 36.4 Å². The molecule has 21 heavy (non-hydrogen) atoms. The molecule has 1 aromatic carbocycles. The van der Waals surface area contributed by atoms with Crippen molar-refractivity contribution in [2.75, 3.05) is 0 Å². The van der Waals surface area contributed by atoms with E-state index < -0.39 is 5.97 Å². The quantitative estimate of drug-likeness (QED) is 0.779. The molecule has 1 aliphatic rings. The highest BCUT2D eigenvalue weighted by Gasteiger charge is 2.27. The predicted molar refractivity (Wildman–Crippen MR) is 82.0 cm³/mol. The molecule has 1 saturated carbocycles. The Morgan fingerprint density at radius 2 is 1.95 bits per heavy atom. The van der Waals surface area contributed by atoms with E-state index in [0.717, 1.165) is 25.7 Å². The van der Waals surface area contributed by atoms with E-state index in [1.54, 1.807) is 6.08 Å². The maximum Gasteiger partial charge on any atom is 0.303 e. The number of allylic oxidation sites excluding steroid dienone is 2. The maximum absolute atomic E-state index is 11.9. The molecule has 0 radical (unpaired) electrons. The van der Waals surface area contributed by atoms with Crippen LogP contribution in [0.4, 0.5) is 0 Å². The number of carbonyl (C=O) groups is 2. The highest BCUT2D eigenvalue weighted by atomic mass is 16.4. The van der Waals surface area contributed by atoms with Gasteiger partial charge in [0.2, 0.25) is 0 Å². The Balaban J connectivity index is 1.80. The lowest BCUT2D eigenvalue weighted by Crippen LogP contribution is -2.11. The van der Waals surface area contributed by atoms with Gasteiger partial charge in [-0.2, -0.15) is 0 Å². The van der Waals surface area contributed by atoms with Crippen LogP contribution in [0.15, 0.2) is 42.5 Å². The van der Waals surface area contributed by atoms with Crippen molar-refractivity contribution in [3.63, 3.8) is 0 Å². The van der Waals surface area contributed by atoms with Crippen molar-refractivity contribution in [2.24, 2.45) is 11.8 Å². The third-order valence-corrected chi connectivity index (χ3v) is 4.19. The highest BCUT2D eigenvalue weighted by molar-refractivity contribution is 5.89. The van der Waals surface area contributed by atoms with Crippen LogP contribution in [-0.4, -0.2) is 16.9 Å². The molecule has 0 unspecified atom stereocenters. The van der Waals surface area contributed by atoms with Crippen LogP contribution in [-0.2, 0) is 16.0 Å². The molecule has 3 heteroatoms. The molecule has 0 saturated heterocycles. The maximum atomic E-state index is 11.9. The minimum atomic E-state index is -0.740. The summed E-state index contributed by atoms with van der Waals surface area (Å²) < 4.78 is 0. The molecule has 0 aliphatic heterocycles. The summed E-state index contributed by atoms with van der Waals surface area (Å²) in [6, 6.07) is 9.97. The van der Waals surface area contributed by atoms with Gasteiger partial charge in [-0.25, -0.2) is 0 Å². The highest BCUT2D eigenvalue weighted by Crippen LogP contribution is 2.35. The Hall–Kier alpha value is -1.90. The lowest BCUT2D eigenvalue weighted by atomic mass is 9.92. The van der Waals surface area contributed by atoms with Gasteiger partial charge in [0.25, 0.3) is 0 Å². The predicted octanol–water partition coefficient (Wildman–Crippen LogP) is 3.64. The van der Waals surface area contributed by atoms with Gasteiger partial charge in [0.15, 0.2) is 5.78 Å². The molecule has 1 aliphatic carbocycles. The zero-order valence-corrected chi connectivity index (χ0v) is 12.2. The van der Waals surface area contributed by atoms with Gasteiger partial charge in [-0.1, -0.05) is 42.8 Å². The molecule has 1 fully saturated rings. The van der Waals surface area contributed by atoms with Gasteiger partial charge < -0.3 is 5.11 Å². The number of hydrogen-bond donors (Lipinski definition) is 1. The number of carbonyl (C=O) groups excluding carboxylic acids is 1. The zero-order valence-electron chi connectivity index (χ0n) is 12.2. The number of ketones is 1. The largest absolute Gasteiger partial charge is 0.481 e. The summed E-state index contributed by atoms with van der Waals surface area (Å²) in [5, 5.41) is 8.89. The number of carboxylic acid groups (broad SMARTS) is 1. The number of benzene rings is 1. The van der Waals surface area contributed by atoms with Crippen LogP contribution in [0, 0.1) is 11.8 Å². The van der Waals surface area contributed by atoms with Crippen molar-refractivity contribution in [3.8, 4) is 0 Å². The first-order valence-electron chi connectivity index (χ1n) is 7.62. The van der Waals surface area contributed by atoms with Gasteiger partial charge in [0.1, 0.15) is 0 Å². The molecule has 1 N–H and O–H groups in total. The number of rotatable bonds is 7. The van der Waals surface area contributed by atoms with E-state index in [2.05, 4.69) is 0 Å². The zero-order chi connectivity index (χ0) is 15.1. The van der Waals surface area contributed by atoms with Gasteiger partial charge in [-0.3, -0.25) is 9.59 Å². The smallest absolute Gasteiger partial charge is 0.303 e. The third-order valence-electron chi connectivity index (χ3n) is 4.19. The van der Waals surface area contributed by atoms with Crippen molar-refractivity contribution in [3.05, 3.63) is 48.0 Å². The molecular formula is C18H22O3. The van der Waals surface area contributed by atoms with Crippen LogP contribution in [0.1, 0.15) is 37.7 Å². The van der Waals surface area contributed by atoms with Crippen LogP contribution in [0.3, 0.4) is 0 Å².